The summed E-state index contributed by atoms with van der Waals surface area (Å²) in [6.45, 7) is 9.98. The van der Waals surface area contributed by atoms with Crippen LogP contribution in [0.15, 0.2) is 13.2 Å². The quantitative estimate of drug-likeness (QED) is 0.488. The van der Waals surface area contributed by atoms with Gasteiger partial charge in [-0.3, -0.25) is 0 Å². The standard InChI is InChI=1S/C5H11NO.C2H4/c1-2-6-3-5-7-4-1;1-2/h6H,1-5H2;1-2H2. The molecule has 1 fully saturated rings. The molecule has 0 aromatic carbocycles. The summed E-state index contributed by atoms with van der Waals surface area (Å²) < 4.78 is 5.13. The summed E-state index contributed by atoms with van der Waals surface area (Å²) in [4.78, 5) is 0. The first-order valence-corrected chi connectivity index (χ1v) is 3.28. The zero-order chi connectivity index (χ0) is 6.95. The van der Waals surface area contributed by atoms with E-state index < -0.39 is 0 Å². The SMILES string of the molecule is C1CNCCOC1.C=C. The fourth-order valence-corrected chi connectivity index (χ4v) is 0.671. The second kappa shape index (κ2) is 7.66. The lowest BCUT2D eigenvalue weighted by Crippen LogP contribution is -2.15. The van der Waals surface area contributed by atoms with E-state index in [1.807, 2.05) is 0 Å². The van der Waals surface area contributed by atoms with E-state index in [2.05, 4.69) is 18.5 Å². The summed E-state index contributed by atoms with van der Waals surface area (Å²) in [6.07, 6.45) is 1.17. The predicted molar refractivity (Wildman–Crippen MR) is 39.6 cm³/mol. The van der Waals surface area contributed by atoms with Crippen LogP contribution in [-0.4, -0.2) is 26.3 Å². The van der Waals surface area contributed by atoms with Crippen LogP contribution in [0.4, 0.5) is 0 Å². The van der Waals surface area contributed by atoms with Crippen molar-refractivity contribution in [1.29, 1.82) is 0 Å². The van der Waals surface area contributed by atoms with Crippen molar-refractivity contribution in [3.8, 4) is 0 Å². The Morgan fingerprint density at radius 1 is 1.11 bits per heavy atom. The number of nitrogens with one attached hydrogen (secondary N) is 1. The molecule has 1 N–H and O–H groups in total. The summed E-state index contributed by atoms with van der Waals surface area (Å²) in [5.74, 6) is 0. The summed E-state index contributed by atoms with van der Waals surface area (Å²) >= 11 is 0. The molecule has 54 valence electrons. The van der Waals surface area contributed by atoms with Gasteiger partial charge >= 0.3 is 0 Å². The van der Waals surface area contributed by atoms with Crippen molar-refractivity contribution in [2.45, 2.75) is 6.42 Å². The first-order valence-electron chi connectivity index (χ1n) is 3.28. The van der Waals surface area contributed by atoms with Crippen LogP contribution in [0.25, 0.3) is 0 Å². The minimum Gasteiger partial charge on any atom is -0.380 e. The van der Waals surface area contributed by atoms with Gasteiger partial charge < -0.3 is 10.1 Å². The topological polar surface area (TPSA) is 21.3 Å². The maximum atomic E-state index is 5.13. The molecule has 0 radical (unpaired) electrons. The summed E-state index contributed by atoms with van der Waals surface area (Å²) in [5.41, 5.74) is 0. The number of ether oxygens (including phenoxy) is 1. The third-order valence-corrected chi connectivity index (χ3v) is 1.07. The zero-order valence-corrected chi connectivity index (χ0v) is 5.86. The maximum Gasteiger partial charge on any atom is 0.0590 e. The molecule has 0 spiro atoms. The Balaban J connectivity index is 0.000000291. The average Bonchev–Trinajstić information content (AvgIpc) is 2.21. The molecule has 0 aromatic heterocycles. The highest BCUT2D eigenvalue weighted by Gasteiger charge is 1.93. The maximum absolute atomic E-state index is 5.13. The van der Waals surface area contributed by atoms with Gasteiger partial charge in [0.05, 0.1) is 6.61 Å². The van der Waals surface area contributed by atoms with Crippen molar-refractivity contribution in [2.75, 3.05) is 26.3 Å². The molecule has 1 aliphatic heterocycles. The van der Waals surface area contributed by atoms with Crippen LogP contribution in [0, 0.1) is 0 Å². The van der Waals surface area contributed by atoms with Gasteiger partial charge in [-0.25, -0.2) is 0 Å². The van der Waals surface area contributed by atoms with Gasteiger partial charge in [0.2, 0.25) is 0 Å². The van der Waals surface area contributed by atoms with Crippen molar-refractivity contribution < 1.29 is 4.74 Å². The van der Waals surface area contributed by atoms with Crippen LogP contribution in [0.3, 0.4) is 0 Å². The third kappa shape index (κ3) is 5.53. The normalized spacial score (nSPS) is 19.1. The van der Waals surface area contributed by atoms with E-state index in [0.29, 0.717) is 0 Å². The summed E-state index contributed by atoms with van der Waals surface area (Å²) in [7, 11) is 0. The average molecular weight is 129 g/mol. The molecule has 0 atom stereocenters. The molecule has 1 aliphatic rings. The Morgan fingerprint density at radius 2 is 1.89 bits per heavy atom. The molecule has 0 saturated carbocycles. The Hall–Kier alpha value is -0.340. The highest BCUT2D eigenvalue weighted by Crippen LogP contribution is 1.83. The Labute approximate surface area is 56.9 Å². The molecule has 0 bridgehead atoms. The van der Waals surface area contributed by atoms with Crippen LogP contribution in [-0.2, 0) is 4.74 Å². The first-order chi connectivity index (χ1) is 4.50. The number of hydrogen-bond donors (Lipinski definition) is 1. The molecule has 1 heterocycles. The summed E-state index contributed by atoms with van der Waals surface area (Å²) in [6, 6.07) is 0. The zero-order valence-electron chi connectivity index (χ0n) is 5.86. The Bertz CT molecular complexity index is 37.2. The molecular formula is C7H15NO. The van der Waals surface area contributed by atoms with Gasteiger partial charge in [-0.2, -0.15) is 0 Å². The van der Waals surface area contributed by atoms with Gasteiger partial charge in [0.1, 0.15) is 0 Å². The fraction of sp³-hybridized carbons (Fsp3) is 0.714. The van der Waals surface area contributed by atoms with Gasteiger partial charge in [-0.1, -0.05) is 0 Å². The Morgan fingerprint density at radius 3 is 2.67 bits per heavy atom. The van der Waals surface area contributed by atoms with E-state index in [9.17, 15) is 0 Å². The van der Waals surface area contributed by atoms with E-state index in [1.165, 1.54) is 6.42 Å². The fourth-order valence-electron chi connectivity index (χ4n) is 0.671. The largest absolute Gasteiger partial charge is 0.380 e. The van der Waals surface area contributed by atoms with Crippen LogP contribution < -0.4 is 5.32 Å². The second-order valence-corrected chi connectivity index (χ2v) is 1.72. The van der Waals surface area contributed by atoms with E-state index in [0.717, 1.165) is 26.3 Å². The van der Waals surface area contributed by atoms with E-state index in [-0.39, 0.29) is 0 Å². The van der Waals surface area contributed by atoms with Crippen molar-refractivity contribution in [3.63, 3.8) is 0 Å². The highest BCUT2D eigenvalue weighted by molar-refractivity contribution is 4.50. The molecule has 2 nitrogen and oxygen atoms in total. The molecule has 2 heteroatoms. The van der Waals surface area contributed by atoms with Crippen molar-refractivity contribution in [1.82, 2.24) is 5.32 Å². The first kappa shape index (κ1) is 8.66. The molecule has 1 saturated heterocycles. The van der Waals surface area contributed by atoms with E-state index in [1.54, 1.807) is 0 Å². The lowest BCUT2D eigenvalue weighted by molar-refractivity contribution is 0.151. The molecule has 0 amide bonds. The minimum absolute atomic E-state index is 0.889. The van der Waals surface area contributed by atoms with Crippen molar-refractivity contribution >= 4 is 0 Å². The van der Waals surface area contributed by atoms with Gasteiger partial charge in [0, 0.05) is 13.2 Å². The molecule has 9 heavy (non-hydrogen) atoms. The molecule has 0 unspecified atom stereocenters. The Kier molecular flexibility index (Phi) is 7.37. The van der Waals surface area contributed by atoms with Crippen LogP contribution in [0.5, 0.6) is 0 Å². The third-order valence-electron chi connectivity index (χ3n) is 1.07. The number of hydrogen-bond acceptors (Lipinski definition) is 2. The predicted octanol–water partition coefficient (Wildman–Crippen LogP) is 0.798. The highest BCUT2D eigenvalue weighted by atomic mass is 16.5. The van der Waals surface area contributed by atoms with Crippen molar-refractivity contribution in [2.24, 2.45) is 0 Å². The molecule has 0 aliphatic carbocycles. The van der Waals surface area contributed by atoms with E-state index >= 15 is 0 Å². The monoisotopic (exact) mass is 129 g/mol. The second-order valence-electron chi connectivity index (χ2n) is 1.72. The number of rotatable bonds is 0. The van der Waals surface area contributed by atoms with E-state index in [4.69, 9.17) is 4.74 Å². The smallest absolute Gasteiger partial charge is 0.0590 e. The van der Waals surface area contributed by atoms with Gasteiger partial charge in [0.25, 0.3) is 0 Å². The van der Waals surface area contributed by atoms with Gasteiger partial charge in [0.15, 0.2) is 0 Å². The van der Waals surface area contributed by atoms with Crippen LogP contribution in [0.1, 0.15) is 6.42 Å². The van der Waals surface area contributed by atoms with Crippen LogP contribution >= 0.6 is 0 Å². The molecule has 1 rings (SSSR count). The molecular weight excluding hydrogens is 114 g/mol. The summed E-state index contributed by atoms with van der Waals surface area (Å²) in [5, 5.41) is 3.22. The minimum atomic E-state index is 0.889. The van der Waals surface area contributed by atoms with Crippen LogP contribution in [0.2, 0.25) is 0 Å². The van der Waals surface area contributed by atoms with Crippen molar-refractivity contribution in [3.05, 3.63) is 13.2 Å². The molecule has 0 aromatic rings. The lowest BCUT2D eigenvalue weighted by atomic mass is 10.5. The van der Waals surface area contributed by atoms with Gasteiger partial charge in [-0.15, -0.1) is 13.2 Å². The lowest BCUT2D eigenvalue weighted by Gasteiger charge is -1.91. The van der Waals surface area contributed by atoms with Gasteiger partial charge in [-0.05, 0) is 13.0 Å².